The fourth-order valence-electron chi connectivity index (χ4n) is 1.83. The Morgan fingerprint density at radius 2 is 2.07 bits per heavy atom. The van der Waals surface area contributed by atoms with Crippen LogP contribution in [0.25, 0.3) is 0 Å². The molecule has 0 aliphatic carbocycles. The maximum Gasteiger partial charge on any atom is 0.205 e. The van der Waals surface area contributed by atoms with E-state index in [1.54, 1.807) is 6.26 Å². The van der Waals surface area contributed by atoms with Crippen LogP contribution < -0.4 is 11.5 Å². The summed E-state index contributed by atoms with van der Waals surface area (Å²) in [5, 5.41) is 7.34. The predicted molar refractivity (Wildman–Crippen MR) is 62.7 cm³/mol. The molecule has 6 heteroatoms. The summed E-state index contributed by atoms with van der Waals surface area (Å²) in [5.41, 5.74) is 11.2. The van der Waals surface area contributed by atoms with E-state index in [1.807, 2.05) is 4.90 Å². The Hall–Kier alpha value is -0.750. The first-order chi connectivity index (χ1) is 7.06. The summed E-state index contributed by atoms with van der Waals surface area (Å²) in [7, 11) is 0. The highest BCUT2D eigenvalue weighted by molar-refractivity contribution is 8.13. The van der Waals surface area contributed by atoms with Crippen LogP contribution in [0.15, 0.2) is 0 Å². The molecule has 0 saturated carbocycles. The van der Waals surface area contributed by atoms with Crippen LogP contribution >= 0.6 is 11.8 Å². The second kappa shape index (κ2) is 5.37. The standard InChI is InChI=1S/C9H18N4OS/c1-15-8(14)7(10)6-2-4-13(5-3-6)9(11)12/h6-7H,2-5,10H2,1H3,(H3,11,12)/t7-/m1/s1. The van der Waals surface area contributed by atoms with Crippen LogP contribution in [-0.4, -0.2) is 41.4 Å². The van der Waals surface area contributed by atoms with Crippen molar-refractivity contribution in [2.45, 2.75) is 18.9 Å². The second-order valence-corrected chi connectivity index (χ2v) is 4.57. The van der Waals surface area contributed by atoms with E-state index in [0.717, 1.165) is 25.9 Å². The smallest absolute Gasteiger partial charge is 0.205 e. The molecule has 0 aromatic heterocycles. The third-order valence-electron chi connectivity index (χ3n) is 2.86. The molecule has 0 spiro atoms. The first-order valence-corrected chi connectivity index (χ1v) is 6.21. The highest BCUT2D eigenvalue weighted by Gasteiger charge is 2.28. The van der Waals surface area contributed by atoms with Crippen LogP contribution in [0.1, 0.15) is 12.8 Å². The Morgan fingerprint density at radius 1 is 1.53 bits per heavy atom. The topological polar surface area (TPSA) is 96.2 Å². The molecule has 1 heterocycles. The number of thioether (sulfide) groups is 1. The number of nitrogens with two attached hydrogens (primary N) is 2. The molecule has 0 unspecified atom stereocenters. The van der Waals surface area contributed by atoms with Crippen molar-refractivity contribution in [1.29, 1.82) is 5.41 Å². The zero-order chi connectivity index (χ0) is 11.4. The number of rotatable bonds is 2. The fraction of sp³-hybridized carbons (Fsp3) is 0.778. The van der Waals surface area contributed by atoms with Gasteiger partial charge in [0.15, 0.2) is 5.96 Å². The molecular weight excluding hydrogens is 212 g/mol. The summed E-state index contributed by atoms with van der Waals surface area (Å²) in [6.07, 6.45) is 3.44. The van der Waals surface area contributed by atoms with Gasteiger partial charge in [-0.05, 0) is 25.0 Å². The number of nitrogens with zero attached hydrogens (tertiary/aromatic N) is 1. The van der Waals surface area contributed by atoms with Gasteiger partial charge in [0.1, 0.15) is 0 Å². The third-order valence-corrected chi connectivity index (χ3v) is 3.54. The molecule has 5 N–H and O–H groups in total. The zero-order valence-corrected chi connectivity index (χ0v) is 9.72. The van der Waals surface area contributed by atoms with Crippen molar-refractivity contribution in [2.24, 2.45) is 17.4 Å². The molecule has 1 aliphatic heterocycles. The molecule has 0 bridgehead atoms. The van der Waals surface area contributed by atoms with Gasteiger partial charge in [-0.15, -0.1) is 0 Å². The molecular formula is C9H18N4OS. The maximum absolute atomic E-state index is 11.4. The van der Waals surface area contributed by atoms with Crippen molar-refractivity contribution >= 4 is 22.8 Å². The lowest BCUT2D eigenvalue weighted by Crippen LogP contribution is -2.47. The average Bonchev–Trinajstić information content (AvgIpc) is 2.27. The number of carbonyl (C=O) groups excluding carboxylic acids is 1. The minimum atomic E-state index is -0.367. The van der Waals surface area contributed by atoms with Gasteiger partial charge in [-0.2, -0.15) is 0 Å². The SMILES string of the molecule is CSC(=O)[C@H](N)C1CCN(C(=N)N)CC1. The molecule has 1 atom stereocenters. The van der Waals surface area contributed by atoms with E-state index in [9.17, 15) is 4.79 Å². The highest BCUT2D eigenvalue weighted by atomic mass is 32.2. The summed E-state index contributed by atoms with van der Waals surface area (Å²) >= 11 is 1.19. The molecule has 5 nitrogen and oxygen atoms in total. The van der Waals surface area contributed by atoms with Gasteiger partial charge in [0.25, 0.3) is 0 Å². The quantitative estimate of drug-likeness (QED) is 0.451. The largest absolute Gasteiger partial charge is 0.370 e. The normalized spacial score (nSPS) is 20.0. The molecule has 1 fully saturated rings. The molecule has 0 aromatic rings. The van der Waals surface area contributed by atoms with Crippen molar-refractivity contribution < 1.29 is 4.79 Å². The van der Waals surface area contributed by atoms with Gasteiger partial charge >= 0.3 is 0 Å². The summed E-state index contributed by atoms with van der Waals surface area (Å²) in [6.45, 7) is 1.46. The van der Waals surface area contributed by atoms with Crippen LogP contribution in [0.4, 0.5) is 0 Å². The molecule has 15 heavy (non-hydrogen) atoms. The molecule has 1 aliphatic rings. The van der Waals surface area contributed by atoms with Crippen molar-refractivity contribution in [3.63, 3.8) is 0 Å². The van der Waals surface area contributed by atoms with Crippen molar-refractivity contribution in [3.05, 3.63) is 0 Å². The summed E-state index contributed by atoms with van der Waals surface area (Å²) < 4.78 is 0. The predicted octanol–water partition coefficient (Wildman–Crippen LogP) is -0.191. The first kappa shape index (κ1) is 12.3. The van der Waals surface area contributed by atoms with E-state index in [0.29, 0.717) is 0 Å². The van der Waals surface area contributed by atoms with E-state index < -0.39 is 0 Å². The second-order valence-electron chi connectivity index (χ2n) is 3.76. The lowest BCUT2D eigenvalue weighted by Gasteiger charge is -2.34. The minimum absolute atomic E-state index is 0.0521. The van der Waals surface area contributed by atoms with Gasteiger partial charge < -0.3 is 16.4 Å². The van der Waals surface area contributed by atoms with E-state index >= 15 is 0 Å². The van der Waals surface area contributed by atoms with Crippen LogP contribution in [0, 0.1) is 11.3 Å². The van der Waals surface area contributed by atoms with Gasteiger partial charge in [-0.1, -0.05) is 11.8 Å². The van der Waals surface area contributed by atoms with E-state index in [2.05, 4.69) is 0 Å². The molecule has 0 amide bonds. The average molecular weight is 230 g/mol. The van der Waals surface area contributed by atoms with E-state index in [1.165, 1.54) is 11.8 Å². The van der Waals surface area contributed by atoms with Crippen LogP contribution in [-0.2, 0) is 4.79 Å². The third kappa shape index (κ3) is 3.10. The van der Waals surface area contributed by atoms with E-state index in [4.69, 9.17) is 16.9 Å². The Morgan fingerprint density at radius 3 is 2.47 bits per heavy atom. The monoisotopic (exact) mass is 230 g/mol. The molecule has 0 aromatic carbocycles. The fourth-order valence-corrected chi connectivity index (χ4v) is 2.29. The number of nitrogens with one attached hydrogen (secondary N) is 1. The zero-order valence-electron chi connectivity index (χ0n) is 8.90. The number of hydrogen-bond donors (Lipinski definition) is 3. The number of piperidine rings is 1. The number of hydrogen-bond acceptors (Lipinski definition) is 4. The minimum Gasteiger partial charge on any atom is -0.370 e. The Kier molecular flexibility index (Phi) is 4.41. The molecule has 1 saturated heterocycles. The summed E-state index contributed by atoms with van der Waals surface area (Å²) in [5.74, 6) is 0.346. The summed E-state index contributed by atoms with van der Waals surface area (Å²) in [4.78, 5) is 13.2. The van der Waals surface area contributed by atoms with Crippen molar-refractivity contribution in [2.75, 3.05) is 19.3 Å². The van der Waals surface area contributed by atoms with Crippen LogP contribution in [0.5, 0.6) is 0 Å². The van der Waals surface area contributed by atoms with Gasteiger partial charge in [-0.25, -0.2) is 0 Å². The molecule has 0 radical (unpaired) electrons. The Bertz CT molecular complexity index is 250. The first-order valence-electron chi connectivity index (χ1n) is 4.98. The molecule has 86 valence electrons. The summed E-state index contributed by atoms with van der Waals surface area (Å²) in [6, 6.07) is -0.367. The van der Waals surface area contributed by atoms with Crippen molar-refractivity contribution in [3.8, 4) is 0 Å². The Labute approximate surface area is 94.1 Å². The Balaban J connectivity index is 2.43. The number of likely N-dealkylation sites (tertiary alicyclic amines) is 1. The van der Waals surface area contributed by atoms with Crippen LogP contribution in [0.2, 0.25) is 0 Å². The molecule has 1 rings (SSSR count). The van der Waals surface area contributed by atoms with Crippen LogP contribution in [0.3, 0.4) is 0 Å². The maximum atomic E-state index is 11.4. The number of guanidine groups is 1. The number of carbonyl (C=O) groups is 1. The lowest BCUT2D eigenvalue weighted by atomic mass is 9.90. The van der Waals surface area contributed by atoms with Gasteiger partial charge in [-0.3, -0.25) is 10.2 Å². The van der Waals surface area contributed by atoms with Gasteiger partial charge in [0.2, 0.25) is 5.12 Å². The van der Waals surface area contributed by atoms with Crippen molar-refractivity contribution in [1.82, 2.24) is 4.90 Å². The van der Waals surface area contributed by atoms with Gasteiger partial charge in [0, 0.05) is 13.1 Å². The highest BCUT2D eigenvalue weighted by Crippen LogP contribution is 2.21. The lowest BCUT2D eigenvalue weighted by molar-refractivity contribution is -0.113. The van der Waals surface area contributed by atoms with E-state index in [-0.39, 0.29) is 23.0 Å². The van der Waals surface area contributed by atoms with Gasteiger partial charge in [0.05, 0.1) is 6.04 Å².